The fourth-order valence-corrected chi connectivity index (χ4v) is 0. The van der Waals surface area contributed by atoms with Gasteiger partial charge in [-0.1, -0.05) is 66.8 Å². The standard InChI is InChI=1S/9CH4.B.H3P.H2/h9*1H4;;1H3;1H. The first-order chi connectivity index (χ1) is 0. The zero-order valence-electron chi connectivity index (χ0n) is 1.28. The van der Waals surface area contributed by atoms with Crippen LogP contribution in [0.2, 0.25) is 0 Å². The molecule has 0 saturated heterocycles. The van der Waals surface area contributed by atoms with E-state index in [4.69, 9.17) is 0 Å². The van der Waals surface area contributed by atoms with Crippen LogP contribution in [0.5, 0.6) is 0 Å². The van der Waals surface area contributed by atoms with Gasteiger partial charge in [-0.2, -0.15) is 9.90 Å². The van der Waals surface area contributed by atoms with Crippen LogP contribution < -0.4 is 0 Å². The van der Waals surface area contributed by atoms with Crippen molar-refractivity contribution in [3.05, 3.63) is 0 Å². The minimum atomic E-state index is 0. The molecule has 1 unspecified atom stereocenters. The van der Waals surface area contributed by atoms with Gasteiger partial charge in [0, 0.05) is 9.84 Å². The molecule has 0 amide bonds. The Morgan fingerprint density at radius 1 is 0.364 bits per heavy atom. The van der Waals surface area contributed by atoms with Gasteiger partial charge in [0.15, 0.2) is 0 Å². The van der Waals surface area contributed by atoms with E-state index in [0.29, 0.717) is 0 Å². The summed E-state index contributed by atoms with van der Waals surface area (Å²) in [6.07, 6.45) is 0. The molecule has 0 aromatic carbocycles. The molecule has 0 aliphatic heterocycles. The maximum absolute atomic E-state index is 0. The highest BCUT2D eigenvalue weighted by Gasteiger charge is 0.000137. The van der Waals surface area contributed by atoms with E-state index in [9.17, 15) is 0 Å². The van der Waals surface area contributed by atoms with Gasteiger partial charge in [0.25, 0.3) is 0 Å². The summed E-state index contributed by atoms with van der Waals surface area (Å²) in [5, 5.41) is 0. The van der Waals surface area contributed by atoms with Gasteiger partial charge in [-0.05, 0) is 0 Å². The Bertz CT molecular complexity index is 14.5. The Morgan fingerprint density at radius 2 is 0.364 bits per heavy atom. The van der Waals surface area contributed by atoms with Crippen molar-refractivity contribution in [1.82, 2.24) is 0 Å². The Balaban J connectivity index is 0. The van der Waals surface area contributed by atoms with E-state index in [2.05, 4.69) is 0 Å². The van der Waals surface area contributed by atoms with E-state index >= 15 is 0 Å². The van der Waals surface area contributed by atoms with Crippen LogP contribution in [0.3, 0.4) is 0 Å². The highest BCUT2D eigenvalue weighted by atomic mass is 31.0. The largest absolute Gasteiger partial charge is 0.153 e. The first-order valence-electron chi connectivity index (χ1n) is 0. The third-order valence-corrected chi connectivity index (χ3v) is 0. The van der Waals surface area contributed by atoms with Crippen LogP contribution in [0.1, 0.15) is 68.3 Å². The van der Waals surface area contributed by atoms with Crippen molar-refractivity contribution in [2.45, 2.75) is 66.8 Å². The fraction of sp³-hybridized carbons (Fsp3) is 1.00. The van der Waals surface area contributed by atoms with E-state index in [1.54, 1.807) is 0 Å². The smallest absolute Gasteiger partial charge is 0 e. The van der Waals surface area contributed by atoms with Crippen molar-refractivity contribution < 1.29 is 1.43 Å². The summed E-state index contributed by atoms with van der Waals surface area (Å²) in [7, 11) is 0. The SMILES string of the molecule is C.C.C.C.C.C.C.C.C.P.[B].[HH]. The molecule has 2 heteroatoms. The van der Waals surface area contributed by atoms with Gasteiger partial charge in [-0.3, -0.25) is 0 Å². The third-order valence-electron chi connectivity index (χ3n) is 0. The van der Waals surface area contributed by atoms with Gasteiger partial charge in [0.05, 0.1) is 0 Å². The van der Waals surface area contributed by atoms with Crippen LogP contribution in [0, 0.1) is 0 Å². The van der Waals surface area contributed by atoms with Crippen LogP contribution in [0.4, 0.5) is 0 Å². The molecule has 1 atom stereocenters. The lowest BCUT2D eigenvalue weighted by atomic mass is 10.8. The molecule has 0 nitrogen and oxygen atoms in total. The number of hydrogen-bond acceptors (Lipinski definition) is 0. The van der Waals surface area contributed by atoms with E-state index < -0.39 is 0 Å². The summed E-state index contributed by atoms with van der Waals surface area (Å²) in [5.74, 6) is 0. The van der Waals surface area contributed by atoms with Crippen LogP contribution >= 0.6 is 9.90 Å². The fourth-order valence-electron chi connectivity index (χ4n) is 0. The maximum atomic E-state index is 0. The van der Waals surface area contributed by atoms with Gasteiger partial charge < -0.3 is 0 Å². The molecule has 0 fully saturated rings. The monoisotopic (exact) mass is 191 g/mol. The molecule has 0 rings (SSSR count). The molecule has 0 heterocycles. The molecule has 0 aliphatic carbocycles. The summed E-state index contributed by atoms with van der Waals surface area (Å²) in [6.45, 7) is 0. The molecule has 0 bridgehead atoms. The quantitative estimate of drug-likeness (QED) is 0.343. The molecule has 0 saturated carbocycles. The molecule has 0 aliphatic rings. The first-order valence-corrected chi connectivity index (χ1v) is 0. The molecule has 0 spiro atoms. The van der Waals surface area contributed by atoms with Crippen LogP contribution in [0.25, 0.3) is 0 Å². The molecule has 0 aromatic rings. The zero-order chi connectivity index (χ0) is 0. The molecule has 85 valence electrons. The Hall–Kier alpha value is 0.495. The maximum Gasteiger partial charge on any atom is 0 e. The van der Waals surface area contributed by atoms with Crippen LogP contribution in [0.15, 0.2) is 0 Å². The van der Waals surface area contributed by atoms with Gasteiger partial charge in [-0.25, -0.2) is 0 Å². The predicted octanol–water partition coefficient (Wildman–Crippen LogP) is 5.65. The highest BCUT2D eigenvalue weighted by Crippen LogP contribution is 0.861. The molecule has 0 N–H and O–H groups in total. The van der Waals surface area contributed by atoms with E-state index in [0.717, 1.165) is 0 Å². The Labute approximate surface area is 87.3 Å². The lowest BCUT2D eigenvalue weighted by Crippen LogP contribution is -0.381. The normalized spacial score (nSPS) is 0. The summed E-state index contributed by atoms with van der Waals surface area (Å²) < 4.78 is 0. The van der Waals surface area contributed by atoms with Crippen molar-refractivity contribution in [3.8, 4) is 0 Å². The second-order valence-electron chi connectivity index (χ2n) is 0. The minimum absolute atomic E-state index is 0. The van der Waals surface area contributed by atoms with Gasteiger partial charge in [-0.15, -0.1) is 0 Å². The Morgan fingerprint density at radius 3 is 0.364 bits per heavy atom. The average Bonchev–Trinajstić information content (AvgIpc) is 0. The second-order valence-corrected chi connectivity index (χ2v) is 0. The average molecular weight is 191 g/mol. The molecular weight excluding hydrogens is 150 g/mol. The zero-order valence-corrected chi connectivity index (χ0v) is 2.70. The lowest BCUT2D eigenvalue weighted by molar-refractivity contribution is 2.50. The number of hydrogen-bond donors (Lipinski definition) is 0. The minimum Gasteiger partial charge on any atom is -0.153 e. The second kappa shape index (κ2) is 3860. The van der Waals surface area contributed by atoms with Crippen molar-refractivity contribution in [1.29, 1.82) is 0 Å². The topological polar surface area (TPSA) is 0 Å². The van der Waals surface area contributed by atoms with Crippen molar-refractivity contribution in [3.63, 3.8) is 0 Å². The van der Waals surface area contributed by atoms with E-state index in [1.165, 1.54) is 0 Å². The van der Waals surface area contributed by atoms with Gasteiger partial charge in [0.1, 0.15) is 0 Å². The van der Waals surface area contributed by atoms with Crippen LogP contribution in [-0.4, -0.2) is 8.41 Å². The van der Waals surface area contributed by atoms with Gasteiger partial charge >= 0.3 is 0 Å². The Kier molecular flexibility index (Phi) is 1810000. The first kappa shape index (κ1) is 5170. The summed E-state index contributed by atoms with van der Waals surface area (Å²) in [4.78, 5) is 0. The van der Waals surface area contributed by atoms with Crippen molar-refractivity contribution >= 4 is 18.3 Å². The van der Waals surface area contributed by atoms with Crippen molar-refractivity contribution in [2.24, 2.45) is 0 Å². The van der Waals surface area contributed by atoms with Crippen molar-refractivity contribution in [2.75, 3.05) is 0 Å². The molecule has 3 radical (unpaired) electrons. The molecular formula is C9H41BP. The van der Waals surface area contributed by atoms with Crippen LogP contribution in [-0.2, 0) is 0 Å². The summed E-state index contributed by atoms with van der Waals surface area (Å²) in [6, 6.07) is 0. The highest BCUT2D eigenvalue weighted by molar-refractivity contribution is 6.92. The van der Waals surface area contributed by atoms with E-state index in [1.807, 2.05) is 0 Å². The molecule has 0 aromatic heterocycles. The summed E-state index contributed by atoms with van der Waals surface area (Å²) >= 11 is 0. The number of rotatable bonds is 0. The third kappa shape index (κ3) is 3090. The summed E-state index contributed by atoms with van der Waals surface area (Å²) in [5.41, 5.74) is 0. The predicted molar refractivity (Wildman–Crippen MR) is 79.6 cm³/mol. The lowest BCUT2D eigenvalue weighted by Gasteiger charge is -0.154. The molecule has 11 heavy (non-hydrogen) atoms. The van der Waals surface area contributed by atoms with Gasteiger partial charge in [0.2, 0.25) is 0 Å². The van der Waals surface area contributed by atoms with E-state index in [-0.39, 0.29) is 86.6 Å².